The zero-order valence-corrected chi connectivity index (χ0v) is 33.1. The fourth-order valence-corrected chi connectivity index (χ4v) is 8.98. The minimum absolute atomic E-state index is 0.300. The van der Waals surface area contributed by atoms with E-state index in [-0.39, 0.29) is 11.0 Å². The Morgan fingerprint density at radius 2 is 1.26 bits per heavy atom. The lowest BCUT2D eigenvalue weighted by Gasteiger charge is -2.32. The largest absolute Gasteiger partial charge is 0.477 e. The standard InChI is InChI=1S/C51H41N3O2S/c1-33-20-23-39(24-21-33)54(49(36-18-12-7-13-19-36)48(34-14-8-5-9-15-34)35-16-10-6-11-17-35)40-25-27-42-41-26-22-37(28-43(41)51(2,3)44(42)30-40)46-31-45(53-4)47(57-46)29-38(32-52)50(55)56/h5-31,53H,1-4H3,(H,55,56)/b38-29+. The Balaban J connectivity index is 1.31. The van der Waals surface area contributed by atoms with Gasteiger partial charge in [-0.3, -0.25) is 0 Å². The number of carboxylic acid groups (broad SMARTS) is 1. The van der Waals surface area contributed by atoms with Crippen molar-refractivity contribution >= 4 is 51.7 Å². The minimum Gasteiger partial charge on any atom is -0.477 e. The second-order valence-corrected chi connectivity index (χ2v) is 15.8. The van der Waals surface area contributed by atoms with Gasteiger partial charge in [0.25, 0.3) is 0 Å². The van der Waals surface area contributed by atoms with E-state index in [9.17, 15) is 15.2 Å². The topological polar surface area (TPSA) is 76.4 Å². The van der Waals surface area contributed by atoms with Crippen molar-refractivity contribution in [1.29, 1.82) is 5.26 Å². The Morgan fingerprint density at radius 3 is 1.82 bits per heavy atom. The number of carboxylic acids is 1. The number of nitrogens with zero attached hydrogens (tertiary/aromatic N) is 2. The van der Waals surface area contributed by atoms with Gasteiger partial charge in [-0.1, -0.05) is 141 Å². The van der Waals surface area contributed by atoms with E-state index in [1.54, 1.807) is 13.1 Å². The highest BCUT2D eigenvalue weighted by molar-refractivity contribution is 7.17. The molecule has 57 heavy (non-hydrogen) atoms. The Kier molecular flexibility index (Phi) is 9.93. The average Bonchev–Trinajstić information content (AvgIpc) is 3.76. The quantitative estimate of drug-likeness (QED) is 0.0825. The highest BCUT2D eigenvalue weighted by Crippen LogP contribution is 2.52. The van der Waals surface area contributed by atoms with Gasteiger partial charge in [0.1, 0.15) is 11.6 Å². The van der Waals surface area contributed by atoms with E-state index in [0.29, 0.717) is 4.88 Å². The fourth-order valence-electron chi connectivity index (χ4n) is 7.87. The number of nitriles is 1. The number of aliphatic carboxylic acids is 1. The summed E-state index contributed by atoms with van der Waals surface area (Å²) in [6, 6.07) is 58.1. The van der Waals surface area contributed by atoms with Crippen LogP contribution in [0.1, 0.15) is 52.1 Å². The van der Waals surface area contributed by atoms with E-state index >= 15 is 0 Å². The van der Waals surface area contributed by atoms with Crippen LogP contribution in [-0.2, 0) is 10.2 Å². The monoisotopic (exact) mass is 759 g/mol. The van der Waals surface area contributed by atoms with E-state index in [2.05, 4.69) is 183 Å². The molecule has 0 bridgehead atoms. The number of carbonyl (C=O) groups is 1. The number of aryl methyl sites for hydroxylation is 1. The number of fused-ring (bicyclic) bond motifs is 3. The number of nitrogens with one attached hydrogen (secondary N) is 1. The molecule has 1 aliphatic carbocycles. The summed E-state index contributed by atoms with van der Waals surface area (Å²) in [4.78, 5) is 15.7. The first-order valence-electron chi connectivity index (χ1n) is 18.9. The van der Waals surface area contributed by atoms with Crippen LogP contribution >= 0.6 is 11.3 Å². The molecule has 0 radical (unpaired) electrons. The minimum atomic E-state index is -1.24. The molecule has 6 heteroatoms. The average molecular weight is 760 g/mol. The Hall–Kier alpha value is -6.94. The molecule has 1 heterocycles. The van der Waals surface area contributed by atoms with Gasteiger partial charge < -0.3 is 15.3 Å². The number of hydrogen-bond acceptors (Lipinski definition) is 5. The molecule has 278 valence electrons. The van der Waals surface area contributed by atoms with Gasteiger partial charge in [0.05, 0.1) is 16.3 Å². The molecule has 0 amide bonds. The summed E-state index contributed by atoms with van der Waals surface area (Å²) in [5.74, 6) is -1.24. The van der Waals surface area contributed by atoms with Crippen LogP contribution in [0.5, 0.6) is 0 Å². The highest BCUT2D eigenvalue weighted by Gasteiger charge is 2.37. The van der Waals surface area contributed by atoms with E-state index in [0.717, 1.165) is 55.5 Å². The van der Waals surface area contributed by atoms with Crippen LogP contribution < -0.4 is 10.2 Å². The number of anilines is 3. The third-order valence-corrected chi connectivity index (χ3v) is 11.9. The summed E-state index contributed by atoms with van der Waals surface area (Å²) in [6.45, 7) is 6.71. The van der Waals surface area contributed by atoms with Crippen LogP contribution in [-0.4, -0.2) is 18.1 Å². The molecular weight excluding hydrogens is 719 g/mol. The lowest BCUT2D eigenvalue weighted by atomic mass is 9.81. The van der Waals surface area contributed by atoms with Crippen molar-refractivity contribution in [2.75, 3.05) is 17.3 Å². The summed E-state index contributed by atoms with van der Waals surface area (Å²) in [5.41, 5.74) is 14.9. The molecule has 0 aliphatic heterocycles. The smallest absolute Gasteiger partial charge is 0.346 e. The summed E-state index contributed by atoms with van der Waals surface area (Å²) < 4.78 is 0. The first-order chi connectivity index (χ1) is 27.7. The van der Waals surface area contributed by atoms with Crippen LogP contribution in [0, 0.1) is 18.3 Å². The van der Waals surface area contributed by atoms with Crippen molar-refractivity contribution in [3.05, 3.63) is 202 Å². The van der Waals surface area contributed by atoms with Gasteiger partial charge in [-0.15, -0.1) is 11.3 Å². The number of benzene rings is 6. The third kappa shape index (κ3) is 6.95. The first kappa shape index (κ1) is 37.0. The van der Waals surface area contributed by atoms with E-state index < -0.39 is 5.97 Å². The van der Waals surface area contributed by atoms with Gasteiger partial charge in [-0.2, -0.15) is 5.26 Å². The SMILES string of the molecule is CNc1cc(-c2ccc3c(c2)C(C)(C)c2cc(N(C(=C(c4ccccc4)c4ccccc4)c4ccccc4)c4ccc(C)cc4)ccc2-3)sc1/C=C(\C#N)C(=O)O. The summed E-state index contributed by atoms with van der Waals surface area (Å²) in [7, 11) is 1.80. The molecule has 0 unspecified atom stereocenters. The lowest BCUT2D eigenvalue weighted by molar-refractivity contribution is -0.132. The van der Waals surface area contributed by atoms with E-state index in [1.807, 2.05) is 6.07 Å². The molecule has 5 nitrogen and oxygen atoms in total. The molecule has 0 saturated carbocycles. The molecule has 0 spiro atoms. The van der Waals surface area contributed by atoms with Gasteiger partial charge in [-0.05, 0) is 93.9 Å². The van der Waals surface area contributed by atoms with Crippen molar-refractivity contribution in [1.82, 2.24) is 0 Å². The van der Waals surface area contributed by atoms with E-state index in [4.69, 9.17) is 0 Å². The summed E-state index contributed by atoms with van der Waals surface area (Å²) in [5, 5.41) is 22.1. The number of hydrogen-bond donors (Lipinski definition) is 2. The fraction of sp³-hybridized carbons (Fsp3) is 0.0980. The summed E-state index contributed by atoms with van der Waals surface area (Å²) in [6.07, 6.45) is 1.44. The first-order valence-corrected chi connectivity index (χ1v) is 19.7. The molecule has 1 aliphatic rings. The van der Waals surface area contributed by atoms with Crippen LogP contribution in [0.4, 0.5) is 17.1 Å². The van der Waals surface area contributed by atoms with Crippen molar-refractivity contribution < 1.29 is 9.90 Å². The maximum atomic E-state index is 11.6. The van der Waals surface area contributed by atoms with Crippen molar-refractivity contribution in [3.63, 3.8) is 0 Å². The molecule has 7 aromatic rings. The van der Waals surface area contributed by atoms with Crippen molar-refractivity contribution in [2.24, 2.45) is 0 Å². The van der Waals surface area contributed by atoms with Crippen molar-refractivity contribution in [3.8, 4) is 27.6 Å². The Bertz CT molecular complexity index is 2680. The third-order valence-electron chi connectivity index (χ3n) is 10.8. The zero-order chi connectivity index (χ0) is 39.7. The Morgan fingerprint density at radius 1 is 0.719 bits per heavy atom. The molecule has 0 saturated heterocycles. The Labute approximate surface area is 338 Å². The van der Waals surface area contributed by atoms with Crippen LogP contribution in [0.3, 0.4) is 0 Å². The number of thiophene rings is 1. The molecule has 1 aromatic heterocycles. The summed E-state index contributed by atoms with van der Waals surface area (Å²) >= 11 is 1.47. The number of rotatable bonds is 10. The lowest BCUT2D eigenvalue weighted by Crippen LogP contribution is -2.20. The van der Waals surface area contributed by atoms with Gasteiger partial charge in [0, 0.05) is 34.3 Å². The maximum absolute atomic E-state index is 11.6. The predicted molar refractivity (Wildman–Crippen MR) is 237 cm³/mol. The molecule has 6 aromatic carbocycles. The normalized spacial score (nSPS) is 12.6. The van der Waals surface area contributed by atoms with Crippen molar-refractivity contribution in [2.45, 2.75) is 26.2 Å². The van der Waals surface area contributed by atoms with Gasteiger partial charge >= 0.3 is 5.97 Å². The second kappa shape index (κ2) is 15.3. The molecule has 2 N–H and O–H groups in total. The van der Waals surface area contributed by atoms with Crippen LogP contribution in [0.15, 0.2) is 163 Å². The second-order valence-electron chi connectivity index (χ2n) is 14.7. The molecule has 8 rings (SSSR count). The maximum Gasteiger partial charge on any atom is 0.346 e. The van der Waals surface area contributed by atoms with E-state index in [1.165, 1.54) is 45.2 Å². The van der Waals surface area contributed by atoms with Gasteiger partial charge in [0.2, 0.25) is 0 Å². The van der Waals surface area contributed by atoms with Gasteiger partial charge in [0.15, 0.2) is 0 Å². The predicted octanol–water partition coefficient (Wildman–Crippen LogP) is 12.8. The molecule has 0 fully saturated rings. The molecular formula is C51H41N3O2S. The molecule has 0 atom stereocenters. The van der Waals surface area contributed by atoms with Gasteiger partial charge in [-0.25, -0.2) is 4.79 Å². The van der Waals surface area contributed by atoms with Crippen LogP contribution in [0.2, 0.25) is 0 Å². The zero-order valence-electron chi connectivity index (χ0n) is 32.2. The van der Waals surface area contributed by atoms with Crippen LogP contribution in [0.25, 0.3) is 38.9 Å². The highest BCUT2D eigenvalue weighted by atomic mass is 32.1.